The largest absolute Gasteiger partial charge is 0.369 e. The van der Waals surface area contributed by atoms with Gasteiger partial charge in [0, 0.05) is 0 Å². The van der Waals surface area contributed by atoms with E-state index >= 15 is 0 Å². The first-order chi connectivity index (χ1) is 10.2. The summed E-state index contributed by atoms with van der Waals surface area (Å²) < 4.78 is 0. The Morgan fingerprint density at radius 3 is 1.71 bits per heavy atom. The van der Waals surface area contributed by atoms with Crippen LogP contribution in [0.4, 0.5) is 0 Å². The third kappa shape index (κ3) is 3.14. The molecule has 0 bridgehead atoms. The monoisotopic (exact) mass is 282 g/mol. The van der Waals surface area contributed by atoms with E-state index < -0.39 is 5.41 Å². The van der Waals surface area contributed by atoms with Gasteiger partial charge in [-0.3, -0.25) is 4.79 Å². The summed E-state index contributed by atoms with van der Waals surface area (Å²) in [5.41, 5.74) is 12.6. The van der Waals surface area contributed by atoms with E-state index in [0.29, 0.717) is 13.0 Å². The Morgan fingerprint density at radius 1 is 0.857 bits per heavy atom. The Kier molecular flexibility index (Phi) is 5.12. The van der Waals surface area contributed by atoms with Crippen molar-refractivity contribution in [3.8, 4) is 0 Å². The van der Waals surface area contributed by atoms with E-state index in [1.165, 1.54) is 0 Å². The summed E-state index contributed by atoms with van der Waals surface area (Å²) in [6, 6.07) is 19.6. The van der Waals surface area contributed by atoms with Gasteiger partial charge in [0.05, 0.1) is 5.41 Å². The minimum Gasteiger partial charge on any atom is -0.369 e. The highest BCUT2D eigenvalue weighted by atomic mass is 16.1. The summed E-state index contributed by atoms with van der Waals surface area (Å²) in [4.78, 5) is 12.4. The fourth-order valence-electron chi connectivity index (χ4n) is 2.84. The van der Waals surface area contributed by atoms with Crippen LogP contribution >= 0.6 is 0 Å². The summed E-state index contributed by atoms with van der Waals surface area (Å²) in [6.45, 7) is 0.623. The Balaban J connectivity index is 2.52. The van der Waals surface area contributed by atoms with Crippen molar-refractivity contribution in [1.29, 1.82) is 0 Å². The summed E-state index contributed by atoms with van der Waals surface area (Å²) in [5.74, 6) is -0.308. The van der Waals surface area contributed by atoms with Crippen LogP contribution in [0.3, 0.4) is 0 Å². The maximum absolute atomic E-state index is 12.4. The molecule has 0 saturated heterocycles. The highest BCUT2D eigenvalue weighted by molar-refractivity contribution is 5.90. The van der Waals surface area contributed by atoms with Crippen LogP contribution in [-0.4, -0.2) is 12.5 Å². The van der Waals surface area contributed by atoms with Crippen LogP contribution in [0.1, 0.15) is 30.4 Å². The smallest absolute Gasteiger partial charge is 0.232 e. The van der Waals surface area contributed by atoms with Gasteiger partial charge in [0.1, 0.15) is 0 Å². The molecule has 3 nitrogen and oxygen atoms in total. The number of benzene rings is 2. The maximum atomic E-state index is 12.4. The van der Waals surface area contributed by atoms with Crippen molar-refractivity contribution in [2.45, 2.75) is 24.7 Å². The minimum absolute atomic E-state index is 0.308. The average molecular weight is 282 g/mol. The van der Waals surface area contributed by atoms with Crippen molar-refractivity contribution in [2.24, 2.45) is 11.5 Å². The molecule has 4 N–H and O–H groups in total. The molecular weight excluding hydrogens is 260 g/mol. The van der Waals surface area contributed by atoms with Gasteiger partial charge in [-0.05, 0) is 30.5 Å². The molecule has 3 heteroatoms. The molecule has 110 valence electrons. The number of unbranched alkanes of at least 4 members (excludes halogenated alkanes) is 1. The van der Waals surface area contributed by atoms with Gasteiger partial charge >= 0.3 is 0 Å². The zero-order chi connectivity index (χ0) is 15.1. The number of carbonyl (C=O) groups excluding carboxylic acids is 1. The Morgan fingerprint density at radius 2 is 1.33 bits per heavy atom. The lowest BCUT2D eigenvalue weighted by atomic mass is 9.70. The quantitative estimate of drug-likeness (QED) is 0.766. The highest BCUT2D eigenvalue weighted by Gasteiger charge is 2.39. The van der Waals surface area contributed by atoms with E-state index in [-0.39, 0.29) is 5.91 Å². The van der Waals surface area contributed by atoms with Crippen molar-refractivity contribution in [2.75, 3.05) is 6.54 Å². The van der Waals surface area contributed by atoms with E-state index in [4.69, 9.17) is 11.5 Å². The summed E-state index contributed by atoms with van der Waals surface area (Å²) in [5, 5.41) is 0. The van der Waals surface area contributed by atoms with Crippen LogP contribution in [0.15, 0.2) is 60.7 Å². The van der Waals surface area contributed by atoms with E-state index in [0.717, 1.165) is 24.0 Å². The fourth-order valence-corrected chi connectivity index (χ4v) is 2.84. The van der Waals surface area contributed by atoms with E-state index in [1.54, 1.807) is 0 Å². The summed E-state index contributed by atoms with van der Waals surface area (Å²) in [7, 11) is 0. The lowest BCUT2D eigenvalue weighted by Gasteiger charge is -2.32. The summed E-state index contributed by atoms with van der Waals surface area (Å²) in [6.07, 6.45) is 2.42. The normalized spacial score (nSPS) is 11.3. The number of carbonyl (C=O) groups is 1. The second-order valence-corrected chi connectivity index (χ2v) is 5.25. The second-order valence-electron chi connectivity index (χ2n) is 5.25. The molecule has 0 spiro atoms. The van der Waals surface area contributed by atoms with Crippen LogP contribution in [0.2, 0.25) is 0 Å². The topological polar surface area (TPSA) is 69.1 Å². The molecule has 0 aromatic heterocycles. The number of rotatable bonds is 7. The van der Waals surface area contributed by atoms with Gasteiger partial charge in [-0.25, -0.2) is 0 Å². The third-order valence-corrected chi connectivity index (χ3v) is 3.96. The Bertz CT molecular complexity index is 527. The van der Waals surface area contributed by atoms with E-state index in [1.807, 2.05) is 60.7 Å². The number of hydrogen-bond donors (Lipinski definition) is 2. The first-order valence-corrected chi connectivity index (χ1v) is 7.33. The van der Waals surface area contributed by atoms with Gasteiger partial charge in [-0.2, -0.15) is 0 Å². The summed E-state index contributed by atoms with van der Waals surface area (Å²) >= 11 is 0. The molecule has 0 saturated carbocycles. The molecule has 0 aliphatic heterocycles. The van der Waals surface area contributed by atoms with Crippen LogP contribution in [-0.2, 0) is 10.2 Å². The molecule has 0 radical (unpaired) electrons. The lowest BCUT2D eigenvalue weighted by Crippen LogP contribution is -2.42. The van der Waals surface area contributed by atoms with Gasteiger partial charge in [0.25, 0.3) is 0 Å². The number of primary amides is 1. The molecule has 1 amide bonds. The molecule has 2 aromatic rings. The van der Waals surface area contributed by atoms with Gasteiger partial charge in [-0.1, -0.05) is 67.1 Å². The van der Waals surface area contributed by atoms with Gasteiger partial charge in [-0.15, -0.1) is 0 Å². The fraction of sp³-hybridized carbons (Fsp3) is 0.278. The molecule has 0 aliphatic carbocycles. The maximum Gasteiger partial charge on any atom is 0.232 e. The molecule has 0 fully saturated rings. The zero-order valence-electron chi connectivity index (χ0n) is 12.2. The molecule has 0 heterocycles. The van der Waals surface area contributed by atoms with Crippen molar-refractivity contribution in [3.05, 3.63) is 71.8 Å². The van der Waals surface area contributed by atoms with Crippen molar-refractivity contribution < 1.29 is 4.79 Å². The first kappa shape index (κ1) is 15.3. The molecule has 0 unspecified atom stereocenters. The molecule has 0 atom stereocenters. The molecule has 21 heavy (non-hydrogen) atoms. The number of hydrogen-bond acceptors (Lipinski definition) is 2. The second kappa shape index (κ2) is 7.04. The zero-order valence-corrected chi connectivity index (χ0v) is 12.2. The molecular formula is C18H22N2O. The minimum atomic E-state index is -0.780. The lowest BCUT2D eigenvalue weighted by molar-refractivity contribution is -0.122. The Hall–Kier alpha value is -2.13. The number of amides is 1. The average Bonchev–Trinajstić information content (AvgIpc) is 2.53. The van der Waals surface area contributed by atoms with Crippen LogP contribution in [0.25, 0.3) is 0 Å². The van der Waals surface area contributed by atoms with E-state index in [9.17, 15) is 4.79 Å². The standard InChI is InChI=1S/C18H22N2O/c19-14-8-7-13-18(17(20)21,15-9-3-1-4-10-15)16-11-5-2-6-12-16/h1-6,9-12H,7-8,13-14,19H2,(H2,20,21). The van der Waals surface area contributed by atoms with E-state index in [2.05, 4.69) is 0 Å². The highest BCUT2D eigenvalue weighted by Crippen LogP contribution is 2.37. The molecule has 0 aliphatic rings. The van der Waals surface area contributed by atoms with Crippen LogP contribution in [0, 0.1) is 0 Å². The Labute approximate surface area is 126 Å². The van der Waals surface area contributed by atoms with Crippen molar-refractivity contribution in [1.82, 2.24) is 0 Å². The third-order valence-electron chi connectivity index (χ3n) is 3.96. The first-order valence-electron chi connectivity index (χ1n) is 7.33. The SMILES string of the molecule is NCCCCC(C(N)=O)(c1ccccc1)c1ccccc1. The predicted molar refractivity (Wildman–Crippen MR) is 85.8 cm³/mol. The van der Waals surface area contributed by atoms with Crippen LogP contribution in [0.5, 0.6) is 0 Å². The van der Waals surface area contributed by atoms with Crippen molar-refractivity contribution in [3.63, 3.8) is 0 Å². The van der Waals surface area contributed by atoms with Gasteiger partial charge < -0.3 is 11.5 Å². The predicted octanol–water partition coefficient (Wildman–Crippen LogP) is 2.59. The van der Waals surface area contributed by atoms with Crippen molar-refractivity contribution >= 4 is 5.91 Å². The number of nitrogens with two attached hydrogens (primary N) is 2. The molecule has 2 aromatic carbocycles. The molecule has 2 rings (SSSR count). The van der Waals surface area contributed by atoms with Gasteiger partial charge in [0.15, 0.2) is 0 Å². The van der Waals surface area contributed by atoms with Crippen LogP contribution < -0.4 is 11.5 Å². The van der Waals surface area contributed by atoms with Gasteiger partial charge in [0.2, 0.25) is 5.91 Å².